The van der Waals surface area contributed by atoms with Gasteiger partial charge in [0.1, 0.15) is 12.1 Å². The molecular weight excluding hydrogens is 455 g/mol. The molecule has 8 heteroatoms. The Morgan fingerprint density at radius 1 is 1.12 bits per heavy atom. The number of aromatic nitrogens is 4. The fourth-order valence-corrected chi connectivity index (χ4v) is 6.08. The Bertz CT molecular complexity index is 1370. The highest BCUT2D eigenvalue weighted by Gasteiger charge is 2.46. The second-order valence-corrected chi connectivity index (χ2v) is 10.0. The molecule has 1 atom stereocenters. The van der Waals surface area contributed by atoms with Gasteiger partial charge in [0, 0.05) is 42.1 Å². The van der Waals surface area contributed by atoms with Crippen LogP contribution in [-0.2, 0) is 6.42 Å². The van der Waals surface area contributed by atoms with E-state index in [9.17, 15) is 0 Å². The van der Waals surface area contributed by atoms with Crippen molar-refractivity contribution in [2.24, 2.45) is 11.1 Å². The van der Waals surface area contributed by atoms with E-state index < -0.39 is 0 Å². The summed E-state index contributed by atoms with van der Waals surface area (Å²) in [7, 11) is 0. The van der Waals surface area contributed by atoms with Gasteiger partial charge in [-0.3, -0.25) is 9.38 Å². The normalized spacial score (nSPS) is 19.4. The SMILES string of the molecule is Cc1cc(N2CCC3(CC2)Cc2ncccc2C3N)n2cnnc2c1-c1cccc(Cl)c1Cl. The zero-order valence-corrected chi connectivity index (χ0v) is 19.8. The molecule has 1 spiro atoms. The predicted octanol–water partition coefficient (Wildman–Crippen LogP) is 5.25. The zero-order valence-electron chi connectivity index (χ0n) is 18.3. The highest BCUT2D eigenvalue weighted by Crippen LogP contribution is 2.50. The molecule has 3 aromatic heterocycles. The van der Waals surface area contributed by atoms with E-state index in [0.29, 0.717) is 10.0 Å². The average Bonchev–Trinajstić information content (AvgIpc) is 3.40. The summed E-state index contributed by atoms with van der Waals surface area (Å²) in [4.78, 5) is 7.02. The number of nitrogens with zero attached hydrogens (tertiary/aromatic N) is 5. The molecule has 1 aromatic carbocycles. The molecule has 168 valence electrons. The van der Waals surface area contributed by atoms with Gasteiger partial charge in [-0.05, 0) is 60.9 Å². The number of hydrogen-bond acceptors (Lipinski definition) is 5. The molecule has 0 amide bonds. The summed E-state index contributed by atoms with van der Waals surface area (Å²) in [6, 6.07) is 12.1. The van der Waals surface area contributed by atoms with Crippen molar-refractivity contribution in [1.82, 2.24) is 19.6 Å². The molecule has 6 rings (SSSR count). The van der Waals surface area contributed by atoms with Gasteiger partial charge in [0.2, 0.25) is 0 Å². The van der Waals surface area contributed by atoms with Crippen LogP contribution in [-0.4, -0.2) is 32.7 Å². The van der Waals surface area contributed by atoms with Gasteiger partial charge >= 0.3 is 0 Å². The summed E-state index contributed by atoms with van der Waals surface area (Å²) in [6.45, 7) is 3.93. The molecule has 1 aliphatic heterocycles. The maximum Gasteiger partial charge on any atom is 0.170 e. The molecule has 2 aliphatic rings. The van der Waals surface area contributed by atoms with Crippen molar-refractivity contribution in [3.8, 4) is 11.1 Å². The first-order valence-electron chi connectivity index (χ1n) is 11.2. The first-order chi connectivity index (χ1) is 16.0. The number of rotatable bonds is 2. The third kappa shape index (κ3) is 3.15. The highest BCUT2D eigenvalue weighted by atomic mass is 35.5. The van der Waals surface area contributed by atoms with Crippen molar-refractivity contribution in [2.75, 3.05) is 18.0 Å². The molecule has 4 heterocycles. The Labute approximate surface area is 202 Å². The maximum absolute atomic E-state index is 6.74. The Morgan fingerprint density at radius 2 is 1.94 bits per heavy atom. The lowest BCUT2D eigenvalue weighted by molar-refractivity contribution is 0.186. The van der Waals surface area contributed by atoms with E-state index in [1.807, 2.05) is 24.4 Å². The number of halogens is 2. The van der Waals surface area contributed by atoms with Crippen LogP contribution in [0.3, 0.4) is 0 Å². The zero-order chi connectivity index (χ0) is 22.7. The van der Waals surface area contributed by atoms with Crippen LogP contribution in [0, 0.1) is 12.3 Å². The molecule has 33 heavy (non-hydrogen) atoms. The van der Waals surface area contributed by atoms with Crippen LogP contribution < -0.4 is 10.6 Å². The van der Waals surface area contributed by atoms with Crippen LogP contribution in [0.5, 0.6) is 0 Å². The van der Waals surface area contributed by atoms with Crippen molar-refractivity contribution in [3.05, 3.63) is 75.8 Å². The second kappa shape index (κ2) is 7.69. The Kier molecular flexibility index (Phi) is 4.87. The minimum atomic E-state index is 0.0485. The van der Waals surface area contributed by atoms with Crippen LogP contribution in [0.15, 0.2) is 48.9 Å². The lowest BCUT2D eigenvalue weighted by atomic mass is 9.73. The third-order valence-electron chi connectivity index (χ3n) is 7.50. The lowest BCUT2D eigenvalue weighted by Gasteiger charge is -2.43. The van der Waals surface area contributed by atoms with Crippen molar-refractivity contribution in [2.45, 2.75) is 32.2 Å². The minimum Gasteiger partial charge on any atom is -0.358 e. The summed E-state index contributed by atoms with van der Waals surface area (Å²) in [5.74, 6) is 1.09. The van der Waals surface area contributed by atoms with Crippen molar-refractivity contribution in [3.63, 3.8) is 0 Å². The quantitative estimate of drug-likeness (QED) is 0.425. The number of fused-ring (bicyclic) bond motifs is 2. The van der Waals surface area contributed by atoms with Crippen molar-refractivity contribution >= 4 is 34.7 Å². The van der Waals surface area contributed by atoms with Crippen LogP contribution in [0.1, 0.15) is 35.7 Å². The van der Waals surface area contributed by atoms with E-state index in [0.717, 1.165) is 60.5 Å². The number of hydrogen-bond donors (Lipinski definition) is 1. The standard InChI is InChI=1S/C25H24Cl2N6/c1-15-12-20(33-14-30-31-24(33)21(15)17-4-2-6-18(26)22(17)27)32-10-7-25(8-11-32)13-19-16(23(25)28)5-3-9-29-19/h2-6,9,12,14,23H,7-8,10-11,13,28H2,1H3. The summed E-state index contributed by atoms with van der Waals surface area (Å²) in [5, 5.41) is 9.74. The van der Waals surface area contributed by atoms with E-state index in [4.69, 9.17) is 28.9 Å². The van der Waals surface area contributed by atoms with Crippen LogP contribution >= 0.6 is 23.2 Å². The number of anilines is 1. The fraction of sp³-hybridized carbons (Fsp3) is 0.320. The van der Waals surface area contributed by atoms with Gasteiger partial charge < -0.3 is 10.6 Å². The Morgan fingerprint density at radius 3 is 2.73 bits per heavy atom. The first kappa shape index (κ1) is 20.9. The summed E-state index contributed by atoms with van der Waals surface area (Å²) in [6.07, 6.45) is 6.66. The van der Waals surface area contributed by atoms with Crippen LogP contribution in [0.25, 0.3) is 16.8 Å². The summed E-state index contributed by atoms with van der Waals surface area (Å²) >= 11 is 12.9. The molecule has 0 radical (unpaired) electrons. The summed E-state index contributed by atoms with van der Waals surface area (Å²) < 4.78 is 2.06. The maximum atomic E-state index is 6.74. The van der Waals surface area contributed by atoms with Gasteiger partial charge in [0.25, 0.3) is 0 Å². The number of aryl methyl sites for hydroxylation is 1. The van der Waals surface area contributed by atoms with E-state index in [1.54, 1.807) is 12.4 Å². The van der Waals surface area contributed by atoms with Crippen molar-refractivity contribution in [1.29, 1.82) is 0 Å². The number of benzene rings is 1. The van der Waals surface area contributed by atoms with Crippen molar-refractivity contribution < 1.29 is 0 Å². The highest BCUT2D eigenvalue weighted by molar-refractivity contribution is 6.43. The van der Waals surface area contributed by atoms with Crippen LogP contribution in [0.4, 0.5) is 5.82 Å². The second-order valence-electron chi connectivity index (χ2n) is 9.23. The van der Waals surface area contributed by atoms with Gasteiger partial charge in [0.15, 0.2) is 5.65 Å². The fourth-order valence-electron chi connectivity index (χ4n) is 5.68. The molecule has 2 N–H and O–H groups in total. The van der Waals surface area contributed by atoms with Gasteiger partial charge in [-0.25, -0.2) is 0 Å². The molecule has 6 nitrogen and oxygen atoms in total. The average molecular weight is 479 g/mol. The largest absolute Gasteiger partial charge is 0.358 e. The van der Waals surface area contributed by atoms with E-state index in [-0.39, 0.29) is 11.5 Å². The number of nitrogens with two attached hydrogens (primary N) is 1. The Balaban J connectivity index is 1.34. The van der Waals surface area contributed by atoms with E-state index >= 15 is 0 Å². The van der Waals surface area contributed by atoms with Gasteiger partial charge in [-0.2, -0.15) is 0 Å². The van der Waals surface area contributed by atoms with Gasteiger partial charge in [-0.1, -0.05) is 41.4 Å². The predicted molar refractivity (Wildman–Crippen MR) is 132 cm³/mol. The molecule has 1 fully saturated rings. The molecule has 1 unspecified atom stereocenters. The molecule has 0 saturated carbocycles. The molecule has 1 aliphatic carbocycles. The lowest BCUT2D eigenvalue weighted by Crippen LogP contribution is -2.44. The number of piperidine rings is 1. The third-order valence-corrected chi connectivity index (χ3v) is 8.32. The summed E-state index contributed by atoms with van der Waals surface area (Å²) in [5.41, 5.74) is 12.9. The number of pyridine rings is 2. The first-order valence-corrected chi connectivity index (χ1v) is 12.0. The molecule has 0 bridgehead atoms. The van der Waals surface area contributed by atoms with Gasteiger partial charge in [-0.15, -0.1) is 10.2 Å². The topological polar surface area (TPSA) is 72.3 Å². The van der Waals surface area contributed by atoms with E-state index in [1.165, 1.54) is 11.3 Å². The monoisotopic (exact) mass is 478 g/mol. The minimum absolute atomic E-state index is 0.0485. The smallest absolute Gasteiger partial charge is 0.170 e. The van der Waals surface area contributed by atoms with Gasteiger partial charge in [0.05, 0.1) is 10.0 Å². The molecule has 4 aromatic rings. The molecular formula is C25H24Cl2N6. The Hall–Kier alpha value is -2.67. The van der Waals surface area contributed by atoms with Crippen LogP contribution in [0.2, 0.25) is 10.0 Å². The van der Waals surface area contributed by atoms with E-state index in [2.05, 4.69) is 43.5 Å². The molecule has 1 saturated heterocycles.